The van der Waals surface area contributed by atoms with Crippen molar-refractivity contribution >= 4 is 11.6 Å². The van der Waals surface area contributed by atoms with Crippen molar-refractivity contribution in [1.29, 1.82) is 5.26 Å². The first-order chi connectivity index (χ1) is 4.76. The van der Waals surface area contributed by atoms with Gasteiger partial charge in [-0.1, -0.05) is 5.16 Å². The molecule has 5 heteroatoms. The number of rotatable bonds is 2. The third-order valence-electron chi connectivity index (χ3n) is 0.758. The van der Waals surface area contributed by atoms with Crippen LogP contribution in [0.2, 0.25) is 0 Å². The van der Waals surface area contributed by atoms with Gasteiger partial charge in [0.1, 0.15) is 6.07 Å². The molecule has 0 bridgehead atoms. The van der Waals surface area contributed by atoms with Crippen LogP contribution in [0.4, 0.5) is 0 Å². The lowest BCUT2D eigenvalue weighted by Crippen LogP contribution is -2.29. The zero-order valence-corrected chi connectivity index (χ0v) is 5.46. The maximum Gasteiger partial charge on any atom is 0.284 e. The molecule has 0 aliphatic rings. The van der Waals surface area contributed by atoms with Crippen LogP contribution in [-0.4, -0.2) is 23.4 Å². The average Bonchev–Trinajstić information content (AvgIpc) is 1.91. The Morgan fingerprint density at radius 3 is 2.80 bits per heavy atom. The molecule has 0 radical (unpaired) electrons. The molecule has 0 rings (SSSR count). The summed E-state index contributed by atoms with van der Waals surface area (Å²) in [6.07, 6.45) is 0. The van der Waals surface area contributed by atoms with E-state index in [4.69, 9.17) is 10.5 Å². The molecule has 0 heterocycles. The molecule has 2 N–H and O–H groups in total. The van der Waals surface area contributed by atoms with Crippen molar-refractivity contribution in [3.8, 4) is 6.07 Å². The maximum absolute atomic E-state index is 10.6. The minimum Gasteiger partial charge on any atom is -0.410 e. The Hall–Kier alpha value is -1.57. The number of hydrogen-bond acceptors (Lipinski definition) is 4. The first-order valence-corrected chi connectivity index (χ1v) is 2.66. The van der Waals surface area contributed by atoms with Crippen molar-refractivity contribution in [3.05, 3.63) is 0 Å². The van der Waals surface area contributed by atoms with Gasteiger partial charge in [-0.05, 0) is 6.92 Å². The molecule has 5 nitrogen and oxygen atoms in total. The predicted octanol–water partition coefficient (Wildman–Crippen LogP) is -0.524. The minimum atomic E-state index is -0.660. The van der Waals surface area contributed by atoms with Crippen LogP contribution >= 0.6 is 0 Å². The van der Waals surface area contributed by atoms with Crippen LogP contribution < -0.4 is 5.32 Å². The molecule has 0 unspecified atom stereocenters. The Morgan fingerprint density at radius 2 is 2.50 bits per heavy atom. The monoisotopic (exact) mass is 141 g/mol. The molecule has 0 aliphatic heterocycles. The fourth-order valence-electron chi connectivity index (χ4n) is 0.363. The van der Waals surface area contributed by atoms with Gasteiger partial charge in [-0.2, -0.15) is 5.26 Å². The van der Waals surface area contributed by atoms with Crippen LogP contribution in [0.3, 0.4) is 0 Å². The number of carbonyl (C=O) groups is 1. The zero-order valence-electron chi connectivity index (χ0n) is 5.46. The molecule has 0 atom stereocenters. The summed E-state index contributed by atoms with van der Waals surface area (Å²) in [6, 6.07) is 1.42. The minimum absolute atomic E-state index is 0.402. The van der Waals surface area contributed by atoms with E-state index in [9.17, 15) is 4.79 Å². The molecule has 0 saturated carbocycles. The second-order valence-electron chi connectivity index (χ2n) is 1.42. The van der Waals surface area contributed by atoms with E-state index in [0.29, 0.717) is 6.54 Å². The van der Waals surface area contributed by atoms with E-state index in [1.54, 1.807) is 6.92 Å². The van der Waals surface area contributed by atoms with Crippen molar-refractivity contribution < 1.29 is 10.0 Å². The van der Waals surface area contributed by atoms with Gasteiger partial charge in [0.05, 0.1) is 0 Å². The van der Waals surface area contributed by atoms with Crippen molar-refractivity contribution in [3.63, 3.8) is 0 Å². The van der Waals surface area contributed by atoms with Crippen LogP contribution in [0.15, 0.2) is 5.16 Å². The molecule has 10 heavy (non-hydrogen) atoms. The fourth-order valence-corrected chi connectivity index (χ4v) is 0.363. The summed E-state index contributed by atoms with van der Waals surface area (Å²) in [5.74, 6) is -0.660. The van der Waals surface area contributed by atoms with Crippen LogP contribution in [-0.2, 0) is 4.79 Å². The summed E-state index contributed by atoms with van der Waals surface area (Å²) in [5.41, 5.74) is -0.526. The number of hydrogen-bond donors (Lipinski definition) is 2. The molecule has 0 aromatic heterocycles. The first kappa shape index (κ1) is 8.43. The Kier molecular flexibility index (Phi) is 3.64. The molecule has 0 saturated heterocycles. The summed E-state index contributed by atoms with van der Waals surface area (Å²) < 4.78 is 0. The predicted molar refractivity (Wildman–Crippen MR) is 33.5 cm³/mol. The van der Waals surface area contributed by atoms with Crippen molar-refractivity contribution in [1.82, 2.24) is 5.32 Å². The Bertz CT molecular complexity index is 192. The number of nitrogens with one attached hydrogen (secondary N) is 1. The summed E-state index contributed by atoms with van der Waals surface area (Å²) in [5, 5.41) is 20.9. The second kappa shape index (κ2) is 4.32. The molecule has 0 fully saturated rings. The highest BCUT2D eigenvalue weighted by Crippen LogP contribution is 1.73. The third-order valence-corrected chi connectivity index (χ3v) is 0.758. The van der Waals surface area contributed by atoms with E-state index in [1.165, 1.54) is 6.07 Å². The highest BCUT2D eigenvalue weighted by molar-refractivity contribution is 6.44. The topological polar surface area (TPSA) is 85.5 Å². The van der Waals surface area contributed by atoms with Gasteiger partial charge in [-0.15, -0.1) is 0 Å². The standard InChI is InChI=1S/C5H7N3O2/c1-2-7-5(9)4(3-6)8-10/h10H,2H2,1H3,(H,7,9). The number of carbonyl (C=O) groups excluding carboxylic acids is 1. The third kappa shape index (κ3) is 2.13. The van der Waals surface area contributed by atoms with Crippen molar-refractivity contribution in [2.24, 2.45) is 5.16 Å². The molecule has 0 aliphatic carbocycles. The summed E-state index contributed by atoms with van der Waals surface area (Å²) >= 11 is 0. The molecular formula is C5H7N3O2. The normalized spacial score (nSPS) is 10.2. The van der Waals surface area contributed by atoms with E-state index < -0.39 is 11.6 Å². The van der Waals surface area contributed by atoms with Gasteiger partial charge in [0, 0.05) is 6.54 Å². The lowest BCUT2D eigenvalue weighted by Gasteiger charge is -1.94. The van der Waals surface area contributed by atoms with Gasteiger partial charge >= 0.3 is 0 Å². The molecule has 0 aromatic carbocycles. The number of nitriles is 1. The van der Waals surface area contributed by atoms with Crippen LogP contribution in [0.5, 0.6) is 0 Å². The number of nitrogens with zero attached hydrogens (tertiary/aromatic N) is 2. The van der Waals surface area contributed by atoms with Crippen LogP contribution in [0.1, 0.15) is 6.92 Å². The molecule has 0 spiro atoms. The molecular weight excluding hydrogens is 134 g/mol. The molecule has 54 valence electrons. The van der Waals surface area contributed by atoms with Gasteiger partial charge in [0.15, 0.2) is 0 Å². The second-order valence-corrected chi connectivity index (χ2v) is 1.42. The Balaban J connectivity index is 4.08. The van der Waals surface area contributed by atoms with E-state index >= 15 is 0 Å². The largest absolute Gasteiger partial charge is 0.410 e. The van der Waals surface area contributed by atoms with Gasteiger partial charge in [-0.3, -0.25) is 4.79 Å². The Morgan fingerprint density at radius 1 is 1.90 bits per heavy atom. The quantitative estimate of drug-likeness (QED) is 0.308. The van der Waals surface area contributed by atoms with Crippen LogP contribution in [0.25, 0.3) is 0 Å². The van der Waals surface area contributed by atoms with Gasteiger partial charge in [0.2, 0.25) is 5.71 Å². The first-order valence-electron chi connectivity index (χ1n) is 2.66. The van der Waals surface area contributed by atoms with Gasteiger partial charge in [0.25, 0.3) is 5.91 Å². The summed E-state index contributed by atoms with van der Waals surface area (Å²) in [4.78, 5) is 10.6. The molecule has 0 aromatic rings. The summed E-state index contributed by atoms with van der Waals surface area (Å²) in [6.45, 7) is 2.10. The number of amides is 1. The fraction of sp³-hybridized carbons (Fsp3) is 0.400. The van der Waals surface area contributed by atoms with E-state index in [0.717, 1.165) is 0 Å². The highest BCUT2D eigenvalue weighted by atomic mass is 16.4. The average molecular weight is 141 g/mol. The van der Waals surface area contributed by atoms with Crippen molar-refractivity contribution in [2.75, 3.05) is 6.54 Å². The van der Waals surface area contributed by atoms with Gasteiger partial charge in [-0.25, -0.2) is 0 Å². The van der Waals surface area contributed by atoms with Crippen LogP contribution in [0, 0.1) is 11.3 Å². The van der Waals surface area contributed by atoms with E-state index in [-0.39, 0.29) is 0 Å². The molecule has 1 amide bonds. The number of oxime groups is 1. The summed E-state index contributed by atoms with van der Waals surface area (Å²) in [7, 11) is 0. The van der Waals surface area contributed by atoms with Crippen molar-refractivity contribution in [2.45, 2.75) is 6.92 Å². The van der Waals surface area contributed by atoms with E-state index in [2.05, 4.69) is 10.5 Å². The smallest absolute Gasteiger partial charge is 0.284 e. The lowest BCUT2D eigenvalue weighted by molar-refractivity contribution is -0.114. The highest BCUT2D eigenvalue weighted by Gasteiger charge is 2.08. The van der Waals surface area contributed by atoms with Gasteiger partial charge < -0.3 is 10.5 Å². The lowest BCUT2D eigenvalue weighted by atomic mass is 10.4. The van der Waals surface area contributed by atoms with E-state index in [1.807, 2.05) is 0 Å². The SMILES string of the molecule is CCNC(=O)C(C#N)=NO. The Labute approximate surface area is 57.9 Å². The maximum atomic E-state index is 10.6. The zero-order chi connectivity index (χ0) is 7.98.